The van der Waals surface area contributed by atoms with Crippen LogP contribution in [0.5, 0.6) is 5.75 Å². The van der Waals surface area contributed by atoms with Gasteiger partial charge in [0.15, 0.2) is 0 Å². The SMILES string of the molecule is C=CC1=Cc2cc(OC)ccc2CC1. The number of rotatable bonds is 2. The molecule has 1 nitrogen and oxygen atoms in total. The molecular formula is C13H14O. The summed E-state index contributed by atoms with van der Waals surface area (Å²) < 4.78 is 5.19. The van der Waals surface area contributed by atoms with E-state index in [0.717, 1.165) is 18.6 Å². The summed E-state index contributed by atoms with van der Waals surface area (Å²) in [6, 6.07) is 6.24. The first-order chi connectivity index (χ1) is 6.83. The normalized spacial score (nSPS) is 14.2. The van der Waals surface area contributed by atoms with E-state index in [1.54, 1.807) is 7.11 Å². The zero-order valence-corrected chi connectivity index (χ0v) is 8.42. The van der Waals surface area contributed by atoms with Crippen LogP contribution in [0.25, 0.3) is 6.08 Å². The zero-order chi connectivity index (χ0) is 9.97. The van der Waals surface area contributed by atoms with Crippen molar-refractivity contribution in [1.82, 2.24) is 0 Å². The summed E-state index contributed by atoms with van der Waals surface area (Å²) in [5.41, 5.74) is 3.98. The summed E-state index contributed by atoms with van der Waals surface area (Å²) in [6.07, 6.45) is 6.33. The lowest BCUT2D eigenvalue weighted by atomic mass is 9.92. The quantitative estimate of drug-likeness (QED) is 0.689. The van der Waals surface area contributed by atoms with Gasteiger partial charge in [0.25, 0.3) is 0 Å². The van der Waals surface area contributed by atoms with Gasteiger partial charge in [-0.2, -0.15) is 0 Å². The Labute approximate surface area is 84.7 Å². The molecule has 1 aliphatic rings. The molecule has 0 N–H and O–H groups in total. The second-order valence-electron chi connectivity index (χ2n) is 3.49. The molecule has 0 radical (unpaired) electrons. The molecule has 0 amide bonds. The van der Waals surface area contributed by atoms with E-state index in [9.17, 15) is 0 Å². The molecule has 0 saturated carbocycles. The maximum atomic E-state index is 5.19. The molecular weight excluding hydrogens is 172 g/mol. The van der Waals surface area contributed by atoms with Crippen molar-refractivity contribution >= 4 is 6.08 Å². The highest BCUT2D eigenvalue weighted by atomic mass is 16.5. The van der Waals surface area contributed by atoms with E-state index >= 15 is 0 Å². The Morgan fingerprint density at radius 1 is 1.36 bits per heavy atom. The van der Waals surface area contributed by atoms with Crippen LogP contribution < -0.4 is 4.74 Å². The third kappa shape index (κ3) is 1.58. The first kappa shape index (κ1) is 9.07. The van der Waals surface area contributed by atoms with Crippen LogP contribution in [0.1, 0.15) is 17.5 Å². The summed E-state index contributed by atoms with van der Waals surface area (Å²) in [6.45, 7) is 3.80. The fourth-order valence-electron chi connectivity index (χ4n) is 1.77. The largest absolute Gasteiger partial charge is 0.497 e. The fourth-order valence-corrected chi connectivity index (χ4v) is 1.77. The lowest BCUT2D eigenvalue weighted by molar-refractivity contribution is 0.414. The average molecular weight is 186 g/mol. The van der Waals surface area contributed by atoms with Crippen molar-refractivity contribution in [2.45, 2.75) is 12.8 Å². The molecule has 0 aliphatic heterocycles. The number of aryl methyl sites for hydroxylation is 1. The first-order valence-electron chi connectivity index (χ1n) is 4.83. The van der Waals surface area contributed by atoms with Gasteiger partial charge in [0.1, 0.15) is 5.75 Å². The molecule has 0 spiro atoms. The number of ether oxygens (including phenoxy) is 1. The van der Waals surface area contributed by atoms with Crippen LogP contribution in [0, 0.1) is 0 Å². The van der Waals surface area contributed by atoms with Crippen molar-refractivity contribution in [3.8, 4) is 5.75 Å². The van der Waals surface area contributed by atoms with Crippen molar-refractivity contribution in [2.75, 3.05) is 7.11 Å². The Hall–Kier alpha value is -1.50. The maximum Gasteiger partial charge on any atom is 0.119 e. The molecule has 1 aromatic rings. The van der Waals surface area contributed by atoms with E-state index in [1.807, 2.05) is 12.1 Å². The summed E-state index contributed by atoms with van der Waals surface area (Å²) in [4.78, 5) is 0. The highest BCUT2D eigenvalue weighted by molar-refractivity contribution is 5.63. The minimum atomic E-state index is 0.922. The highest BCUT2D eigenvalue weighted by Crippen LogP contribution is 2.27. The summed E-state index contributed by atoms with van der Waals surface area (Å²) in [7, 11) is 1.70. The monoisotopic (exact) mass is 186 g/mol. The Morgan fingerprint density at radius 3 is 2.93 bits per heavy atom. The van der Waals surface area contributed by atoms with Crippen LogP contribution in [0.15, 0.2) is 36.4 Å². The van der Waals surface area contributed by atoms with Crippen LogP contribution in [0.2, 0.25) is 0 Å². The zero-order valence-electron chi connectivity index (χ0n) is 8.42. The van der Waals surface area contributed by atoms with Crippen molar-refractivity contribution in [3.05, 3.63) is 47.6 Å². The third-order valence-corrected chi connectivity index (χ3v) is 2.64. The number of hydrogen-bond acceptors (Lipinski definition) is 1. The van der Waals surface area contributed by atoms with Crippen LogP contribution in [-0.2, 0) is 6.42 Å². The molecule has 72 valence electrons. The van der Waals surface area contributed by atoms with Crippen LogP contribution in [0.3, 0.4) is 0 Å². The van der Waals surface area contributed by atoms with Gasteiger partial charge in [0, 0.05) is 0 Å². The van der Waals surface area contributed by atoms with Gasteiger partial charge in [-0.05, 0) is 41.7 Å². The molecule has 0 unspecified atom stereocenters. The highest BCUT2D eigenvalue weighted by Gasteiger charge is 2.08. The molecule has 0 bridgehead atoms. The second kappa shape index (κ2) is 3.70. The molecule has 0 heterocycles. The van der Waals surface area contributed by atoms with Gasteiger partial charge in [0.2, 0.25) is 0 Å². The molecule has 0 saturated heterocycles. The van der Waals surface area contributed by atoms with Gasteiger partial charge < -0.3 is 4.74 Å². The Bertz CT molecular complexity index is 388. The van der Waals surface area contributed by atoms with E-state index in [-0.39, 0.29) is 0 Å². The third-order valence-electron chi connectivity index (χ3n) is 2.64. The van der Waals surface area contributed by atoms with E-state index < -0.39 is 0 Å². The van der Waals surface area contributed by atoms with Gasteiger partial charge in [-0.3, -0.25) is 0 Å². The minimum Gasteiger partial charge on any atom is -0.497 e. The van der Waals surface area contributed by atoms with Crippen molar-refractivity contribution < 1.29 is 4.74 Å². The standard InChI is InChI=1S/C13H14O/c1-3-10-4-5-11-6-7-13(14-2)9-12(11)8-10/h3,6-9H,1,4-5H2,2H3. The fraction of sp³-hybridized carbons (Fsp3) is 0.231. The van der Waals surface area contributed by atoms with Crippen LogP contribution in [-0.4, -0.2) is 7.11 Å². The van der Waals surface area contributed by atoms with Gasteiger partial charge in [-0.25, -0.2) is 0 Å². The molecule has 1 aromatic carbocycles. The topological polar surface area (TPSA) is 9.23 Å². The predicted molar refractivity (Wildman–Crippen MR) is 59.5 cm³/mol. The maximum absolute atomic E-state index is 5.19. The number of allylic oxidation sites excluding steroid dienone is 2. The van der Waals surface area contributed by atoms with Gasteiger partial charge in [-0.15, -0.1) is 0 Å². The minimum absolute atomic E-state index is 0.922. The summed E-state index contributed by atoms with van der Waals surface area (Å²) in [5, 5.41) is 0. The molecule has 14 heavy (non-hydrogen) atoms. The van der Waals surface area contributed by atoms with E-state index in [1.165, 1.54) is 16.7 Å². The molecule has 1 aliphatic carbocycles. The number of fused-ring (bicyclic) bond motifs is 1. The number of hydrogen-bond donors (Lipinski definition) is 0. The molecule has 1 heteroatoms. The van der Waals surface area contributed by atoms with Crippen molar-refractivity contribution in [2.24, 2.45) is 0 Å². The Kier molecular flexibility index (Phi) is 2.40. The first-order valence-corrected chi connectivity index (χ1v) is 4.83. The van der Waals surface area contributed by atoms with Gasteiger partial charge >= 0.3 is 0 Å². The van der Waals surface area contributed by atoms with Crippen LogP contribution >= 0.6 is 0 Å². The van der Waals surface area contributed by atoms with Gasteiger partial charge in [0.05, 0.1) is 7.11 Å². The molecule has 2 rings (SSSR count). The van der Waals surface area contributed by atoms with E-state index in [0.29, 0.717) is 0 Å². The van der Waals surface area contributed by atoms with E-state index in [2.05, 4.69) is 24.8 Å². The molecule has 0 atom stereocenters. The van der Waals surface area contributed by atoms with Crippen LogP contribution in [0.4, 0.5) is 0 Å². The summed E-state index contributed by atoms with van der Waals surface area (Å²) >= 11 is 0. The van der Waals surface area contributed by atoms with Crippen molar-refractivity contribution in [1.29, 1.82) is 0 Å². The lowest BCUT2D eigenvalue weighted by Gasteiger charge is -2.14. The smallest absolute Gasteiger partial charge is 0.119 e. The molecule has 0 fully saturated rings. The number of methoxy groups -OCH3 is 1. The Balaban J connectivity index is 2.44. The van der Waals surface area contributed by atoms with E-state index in [4.69, 9.17) is 4.74 Å². The predicted octanol–water partition coefficient (Wildman–Crippen LogP) is 3.21. The Morgan fingerprint density at radius 2 is 2.21 bits per heavy atom. The lowest BCUT2D eigenvalue weighted by Crippen LogP contribution is -1.98. The number of benzene rings is 1. The summed E-state index contributed by atoms with van der Waals surface area (Å²) in [5.74, 6) is 0.922. The van der Waals surface area contributed by atoms with Crippen molar-refractivity contribution in [3.63, 3.8) is 0 Å². The molecule has 0 aromatic heterocycles. The second-order valence-corrected chi connectivity index (χ2v) is 3.49. The average Bonchev–Trinajstić information content (AvgIpc) is 2.27. The van der Waals surface area contributed by atoms with Gasteiger partial charge in [-0.1, -0.05) is 24.8 Å².